The Balaban J connectivity index is 1.62. The molecule has 1 N–H and O–H groups in total. The second-order valence-electron chi connectivity index (χ2n) is 7.28. The second kappa shape index (κ2) is 7.79. The van der Waals surface area contributed by atoms with Gasteiger partial charge in [0.25, 0.3) is 0 Å². The summed E-state index contributed by atoms with van der Waals surface area (Å²) in [4.78, 5) is 28.0. The standard InChI is InChI=1S/C21H21F2N3O3/c1-13(27)25-6-7-26-11-21(28)24-19-8-14(17-4-3-15(22)9-18(17)23)2-5-20(19)29-12-16(26)10-25/h2-5,8-9,16H,6-7,10-12H2,1H3,(H,24,28)/t16-/m1/s1. The Labute approximate surface area is 167 Å². The van der Waals surface area contributed by atoms with Crippen LogP contribution in [0.1, 0.15) is 6.92 Å². The Morgan fingerprint density at radius 3 is 2.76 bits per heavy atom. The van der Waals surface area contributed by atoms with E-state index in [9.17, 15) is 18.4 Å². The van der Waals surface area contributed by atoms with Crippen LogP contribution in [0.2, 0.25) is 0 Å². The maximum Gasteiger partial charge on any atom is 0.238 e. The lowest BCUT2D eigenvalue weighted by atomic mass is 10.0. The van der Waals surface area contributed by atoms with Crippen molar-refractivity contribution >= 4 is 17.5 Å². The maximum absolute atomic E-state index is 14.2. The molecule has 0 bridgehead atoms. The summed E-state index contributed by atoms with van der Waals surface area (Å²) in [5.41, 5.74) is 1.17. The molecule has 6 nitrogen and oxygen atoms in total. The smallest absolute Gasteiger partial charge is 0.238 e. The third kappa shape index (κ3) is 4.07. The average molecular weight is 401 g/mol. The van der Waals surface area contributed by atoms with Gasteiger partial charge in [-0.25, -0.2) is 8.78 Å². The van der Waals surface area contributed by atoms with Gasteiger partial charge in [0.05, 0.1) is 18.3 Å². The summed E-state index contributed by atoms with van der Waals surface area (Å²) < 4.78 is 33.3. The summed E-state index contributed by atoms with van der Waals surface area (Å²) in [6.07, 6.45) is 0. The van der Waals surface area contributed by atoms with Crippen molar-refractivity contribution in [1.29, 1.82) is 0 Å². The van der Waals surface area contributed by atoms with Crippen LogP contribution < -0.4 is 10.1 Å². The van der Waals surface area contributed by atoms with E-state index < -0.39 is 11.6 Å². The van der Waals surface area contributed by atoms with Gasteiger partial charge in [-0.05, 0) is 29.8 Å². The molecule has 152 valence electrons. The number of benzene rings is 2. The molecule has 2 aromatic rings. The number of nitrogens with one attached hydrogen (secondary N) is 1. The summed E-state index contributed by atoms with van der Waals surface area (Å²) in [5, 5.41) is 2.83. The van der Waals surface area contributed by atoms with Crippen molar-refractivity contribution in [3.8, 4) is 16.9 Å². The molecule has 1 atom stereocenters. The first-order chi connectivity index (χ1) is 13.9. The summed E-state index contributed by atoms with van der Waals surface area (Å²) in [6, 6.07) is 8.23. The highest BCUT2D eigenvalue weighted by atomic mass is 19.1. The fourth-order valence-corrected chi connectivity index (χ4v) is 3.75. The monoisotopic (exact) mass is 401 g/mol. The number of hydrogen-bond donors (Lipinski definition) is 1. The fourth-order valence-electron chi connectivity index (χ4n) is 3.75. The number of nitrogens with zero attached hydrogens (tertiary/aromatic N) is 2. The summed E-state index contributed by atoms with van der Waals surface area (Å²) >= 11 is 0. The molecule has 1 fully saturated rings. The van der Waals surface area contributed by atoms with Crippen molar-refractivity contribution in [1.82, 2.24) is 9.80 Å². The van der Waals surface area contributed by atoms with E-state index in [1.54, 1.807) is 23.1 Å². The van der Waals surface area contributed by atoms with Crippen LogP contribution in [0.5, 0.6) is 5.75 Å². The van der Waals surface area contributed by atoms with E-state index in [2.05, 4.69) is 5.32 Å². The van der Waals surface area contributed by atoms with E-state index in [-0.39, 0.29) is 30.0 Å². The van der Waals surface area contributed by atoms with Gasteiger partial charge < -0.3 is 15.0 Å². The number of piperazine rings is 1. The Morgan fingerprint density at radius 1 is 1.17 bits per heavy atom. The van der Waals surface area contributed by atoms with Crippen LogP contribution in [-0.4, -0.2) is 60.4 Å². The molecule has 0 aliphatic carbocycles. The van der Waals surface area contributed by atoms with Crippen LogP contribution in [-0.2, 0) is 9.59 Å². The lowest BCUT2D eigenvalue weighted by Gasteiger charge is -2.40. The molecule has 2 amide bonds. The molecule has 0 aromatic heterocycles. The van der Waals surface area contributed by atoms with Gasteiger partial charge in [-0.3, -0.25) is 14.5 Å². The quantitative estimate of drug-likeness (QED) is 0.798. The van der Waals surface area contributed by atoms with Crippen LogP contribution >= 0.6 is 0 Å². The lowest BCUT2D eigenvalue weighted by Crippen LogP contribution is -2.57. The molecule has 0 unspecified atom stereocenters. The van der Waals surface area contributed by atoms with Gasteiger partial charge in [0.1, 0.15) is 24.0 Å². The van der Waals surface area contributed by atoms with E-state index in [1.165, 1.54) is 19.1 Å². The zero-order chi connectivity index (χ0) is 20.5. The Morgan fingerprint density at radius 2 is 2.00 bits per heavy atom. The number of rotatable bonds is 1. The number of fused-ring (bicyclic) bond motifs is 2. The fraction of sp³-hybridized carbons (Fsp3) is 0.333. The van der Waals surface area contributed by atoms with Crippen LogP contribution in [0, 0.1) is 11.6 Å². The zero-order valence-electron chi connectivity index (χ0n) is 16.0. The third-order valence-corrected chi connectivity index (χ3v) is 5.32. The number of anilines is 1. The maximum atomic E-state index is 14.2. The Hall–Kier alpha value is -3.00. The van der Waals surface area contributed by atoms with E-state index in [0.717, 1.165) is 6.07 Å². The zero-order valence-corrected chi connectivity index (χ0v) is 16.0. The molecule has 29 heavy (non-hydrogen) atoms. The predicted molar refractivity (Wildman–Crippen MR) is 104 cm³/mol. The highest BCUT2D eigenvalue weighted by Gasteiger charge is 2.31. The Kier molecular flexibility index (Phi) is 5.19. The van der Waals surface area contributed by atoms with Crippen molar-refractivity contribution in [2.75, 3.05) is 38.1 Å². The minimum atomic E-state index is -0.679. The van der Waals surface area contributed by atoms with Gasteiger partial charge >= 0.3 is 0 Å². The van der Waals surface area contributed by atoms with Crippen molar-refractivity contribution in [3.05, 3.63) is 48.0 Å². The van der Waals surface area contributed by atoms with Crippen molar-refractivity contribution in [3.63, 3.8) is 0 Å². The molecule has 8 heteroatoms. The number of amides is 2. The normalized spacial score (nSPS) is 19.8. The van der Waals surface area contributed by atoms with Gasteiger partial charge in [0, 0.05) is 38.2 Å². The van der Waals surface area contributed by atoms with Crippen LogP contribution in [0.3, 0.4) is 0 Å². The number of ether oxygens (including phenoxy) is 1. The van der Waals surface area contributed by atoms with Gasteiger partial charge in [-0.15, -0.1) is 0 Å². The van der Waals surface area contributed by atoms with Crippen molar-refractivity contribution in [2.24, 2.45) is 0 Å². The molecule has 0 spiro atoms. The van der Waals surface area contributed by atoms with Gasteiger partial charge in [-0.1, -0.05) is 6.07 Å². The number of hydrogen-bond acceptors (Lipinski definition) is 4. The minimum absolute atomic E-state index is 0.000315. The molecular weight excluding hydrogens is 380 g/mol. The highest BCUT2D eigenvalue weighted by molar-refractivity contribution is 5.94. The number of halogens is 2. The first-order valence-electron chi connectivity index (χ1n) is 9.42. The molecule has 0 saturated carbocycles. The van der Waals surface area contributed by atoms with E-state index >= 15 is 0 Å². The van der Waals surface area contributed by atoms with E-state index in [4.69, 9.17) is 4.74 Å². The molecule has 2 aromatic carbocycles. The summed E-state index contributed by atoms with van der Waals surface area (Å²) in [6.45, 7) is 3.68. The predicted octanol–water partition coefficient (Wildman–Crippen LogP) is 2.50. The lowest BCUT2D eigenvalue weighted by molar-refractivity contribution is -0.132. The van der Waals surface area contributed by atoms with Crippen LogP contribution in [0.4, 0.5) is 14.5 Å². The SMILES string of the molecule is CC(=O)N1CCN2CC(=O)Nc3cc(-c4ccc(F)cc4F)ccc3OC[C@H]2C1. The molecule has 4 rings (SSSR count). The molecule has 2 aliphatic rings. The minimum Gasteiger partial charge on any atom is -0.490 e. The van der Waals surface area contributed by atoms with E-state index in [0.29, 0.717) is 43.2 Å². The largest absolute Gasteiger partial charge is 0.490 e. The molecular formula is C21H21F2N3O3. The van der Waals surface area contributed by atoms with Crippen LogP contribution in [0.15, 0.2) is 36.4 Å². The summed E-state index contributed by atoms with van der Waals surface area (Å²) in [5.74, 6) is -1.08. The number of carbonyl (C=O) groups excluding carboxylic acids is 2. The van der Waals surface area contributed by atoms with Crippen LogP contribution in [0.25, 0.3) is 11.1 Å². The highest BCUT2D eigenvalue weighted by Crippen LogP contribution is 2.33. The third-order valence-electron chi connectivity index (χ3n) is 5.32. The van der Waals surface area contributed by atoms with Gasteiger partial charge in [0.15, 0.2) is 0 Å². The second-order valence-corrected chi connectivity index (χ2v) is 7.28. The van der Waals surface area contributed by atoms with Crippen molar-refractivity contribution < 1.29 is 23.1 Å². The Bertz CT molecular complexity index is 966. The van der Waals surface area contributed by atoms with Gasteiger partial charge in [-0.2, -0.15) is 0 Å². The van der Waals surface area contributed by atoms with Gasteiger partial charge in [0.2, 0.25) is 11.8 Å². The summed E-state index contributed by atoms with van der Waals surface area (Å²) in [7, 11) is 0. The first-order valence-corrected chi connectivity index (χ1v) is 9.42. The molecule has 1 saturated heterocycles. The number of carbonyl (C=O) groups is 2. The topological polar surface area (TPSA) is 61.9 Å². The first kappa shape index (κ1) is 19.3. The van der Waals surface area contributed by atoms with Crippen molar-refractivity contribution in [2.45, 2.75) is 13.0 Å². The average Bonchev–Trinajstić information content (AvgIpc) is 2.73. The molecule has 2 heterocycles. The molecule has 2 aliphatic heterocycles. The van der Waals surface area contributed by atoms with E-state index in [1.807, 2.05) is 4.90 Å². The molecule has 0 radical (unpaired) electrons.